The van der Waals surface area contributed by atoms with E-state index >= 15 is 0 Å². The Balaban J connectivity index is 1.47. The van der Waals surface area contributed by atoms with Gasteiger partial charge in [0.15, 0.2) is 5.69 Å². The van der Waals surface area contributed by atoms with Crippen LogP contribution in [0, 0.1) is 0 Å². The third-order valence-corrected chi connectivity index (χ3v) is 4.58. The molecule has 2 heterocycles. The maximum atomic E-state index is 12.2. The first-order valence-electron chi connectivity index (χ1n) is 8.48. The van der Waals surface area contributed by atoms with Gasteiger partial charge in [-0.25, -0.2) is 4.68 Å². The average Bonchev–Trinajstić information content (AvgIpc) is 3.19. The summed E-state index contributed by atoms with van der Waals surface area (Å²) >= 11 is 11.9. The van der Waals surface area contributed by atoms with Gasteiger partial charge in [-0.1, -0.05) is 29.3 Å². The molecule has 3 aromatic rings. The average molecular weight is 418 g/mol. The number of carbonyl (C=O) groups excluding carboxylic acids is 2. The number of carbonyl (C=O) groups is 2. The van der Waals surface area contributed by atoms with E-state index in [4.69, 9.17) is 23.2 Å². The largest absolute Gasteiger partial charge is 0.352 e. The maximum absolute atomic E-state index is 12.2. The van der Waals surface area contributed by atoms with Crippen molar-refractivity contribution in [2.24, 2.45) is 0 Å². The molecule has 0 saturated heterocycles. The molecule has 28 heavy (non-hydrogen) atoms. The van der Waals surface area contributed by atoms with Gasteiger partial charge in [-0.05, 0) is 35.9 Å². The summed E-state index contributed by atoms with van der Waals surface area (Å²) in [5.41, 5.74) is 1.83. The standard InChI is InChI=1S/C19H17Cl2N5O2/c20-15-4-3-14(10-16(15)21)26-9-6-17(25-26)19(28)23-8-5-18(27)24-12-13-2-1-7-22-11-13/h1-4,6-7,9-11H,5,8,12H2,(H,23,28)(H,24,27). The Labute approximate surface area is 171 Å². The number of benzene rings is 1. The molecule has 7 nitrogen and oxygen atoms in total. The van der Waals surface area contributed by atoms with E-state index in [1.165, 1.54) is 4.68 Å². The van der Waals surface area contributed by atoms with Gasteiger partial charge in [0, 0.05) is 38.1 Å². The van der Waals surface area contributed by atoms with Crippen LogP contribution in [0.5, 0.6) is 0 Å². The van der Waals surface area contributed by atoms with Crippen LogP contribution >= 0.6 is 23.2 Å². The van der Waals surface area contributed by atoms with E-state index in [1.807, 2.05) is 6.07 Å². The van der Waals surface area contributed by atoms with Gasteiger partial charge >= 0.3 is 0 Å². The van der Waals surface area contributed by atoms with E-state index in [-0.39, 0.29) is 30.5 Å². The first kappa shape index (κ1) is 19.9. The van der Waals surface area contributed by atoms with Crippen molar-refractivity contribution in [3.05, 3.63) is 76.3 Å². The lowest BCUT2D eigenvalue weighted by molar-refractivity contribution is -0.121. The summed E-state index contributed by atoms with van der Waals surface area (Å²) in [5, 5.41) is 10.5. The van der Waals surface area contributed by atoms with Crippen LogP contribution in [-0.2, 0) is 11.3 Å². The summed E-state index contributed by atoms with van der Waals surface area (Å²) in [6, 6.07) is 10.3. The van der Waals surface area contributed by atoms with Crippen molar-refractivity contribution in [1.82, 2.24) is 25.4 Å². The highest BCUT2D eigenvalue weighted by molar-refractivity contribution is 6.42. The predicted molar refractivity (Wildman–Crippen MR) is 107 cm³/mol. The van der Waals surface area contributed by atoms with Gasteiger partial charge in [-0.3, -0.25) is 14.6 Å². The zero-order valence-electron chi connectivity index (χ0n) is 14.7. The normalized spacial score (nSPS) is 10.5. The summed E-state index contributed by atoms with van der Waals surface area (Å²) in [6.07, 6.45) is 5.17. The molecule has 0 bridgehead atoms. The topological polar surface area (TPSA) is 88.9 Å². The fraction of sp³-hybridized carbons (Fsp3) is 0.158. The van der Waals surface area contributed by atoms with Crippen LogP contribution in [0.3, 0.4) is 0 Å². The van der Waals surface area contributed by atoms with E-state index < -0.39 is 0 Å². The van der Waals surface area contributed by atoms with Crippen molar-refractivity contribution in [3.63, 3.8) is 0 Å². The van der Waals surface area contributed by atoms with E-state index in [1.54, 1.807) is 48.9 Å². The van der Waals surface area contributed by atoms with Crippen LogP contribution in [0.25, 0.3) is 5.69 Å². The van der Waals surface area contributed by atoms with Gasteiger partial charge in [-0.2, -0.15) is 5.10 Å². The Kier molecular flexibility index (Phi) is 6.62. The molecule has 0 spiro atoms. The number of hydrogen-bond acceptors (Lipinski definition) is 4. The minimum Gasteiger partial charge on any atom is -0.352 e. The summed E-state index contributed by atoms with van der Waals surface area (Å²) in [6.45, 7) is 0.603. The van der Waals surface area contributed by atoms with Gasteiger partial charge in [0.2, 0.25) is 5.91 Å². The van der Waals surface area contributed by atoms with Gasteiger partial charge in [0.05, 0.1) is 15.7 Å². The summed E-state index contributed by atoms with van der Waals surface area (Å²) in [4.78, 5) is 28.0. The van der Waals surface area contributed by atoms with Gasteiger partial charge < -0.3 is 10.6 Å². The molecule has 3 rings (SSSR count). The molecule has 0 aliphatic carbocycles. The molecule has 0 unspecified atom stereocenters. The summed E-state index contributed by atoms with van der Waals surface area (Å²) in [7, 11) is 0. The van der Waals surface area contributed by atoms with Crippen LogP contribution in [0.2, 0.25) is 10.0 Å². The minimum atomic E-state index is -0.362. The van der Waals surface area contributed by atoms with Crippen molar-refractivity contribution < 1.29 is 9.59 Å². The molecular formula is C19H17Cl2N5O2. The van der Waals surface area contributed by atoms with E-state index in [2.05, 4.69) is 20.7 Å². The van der Waals surface area contributed by atoms with Gasteiger partial charge in [0.1, 0.15) is 0 Å². The molecule has 0 aliphatic rings. The van der Waals surface area contributed by atoms with Crippen molar-refractivity contribution in [1.29, 1.82) is 0 Å². The van der Waals surface area contributed by atoms with Crippen molar-refractivity contribution in [2.75, 3.05) is 6.54 Å². The molecule has 2 aromatic heterocycles. The zero-order chi connectivity index (χ0) is 19.9. The molecule has 0 radical (unpaired) electrons. The molecule has 0 atom stereocenters. The van der Waals surface area contributed by atoms with Crippen LogP contribution in [0.1, 0.15) is 22.5 Å². The predicted octanol–water partition coefficient (Wildman–Crippen LogP) is 3.01. The van der Waals surface area contributed by atoms with Crippen LogP contribution < -0.4 is 10.6 Å². The highest BCUT2D eigenvalue weighted by Gasteiger charge is 2.11. The second-order valence-corrected chi connectivity index (χ2v) is 6.70. The zero-order valence-corrected chi connectivity index (χ0v) is 16.2. The molecule has 0 aliphatic heterocycles. The fourth-order valence-corrected chi connectivity index (χ4v) is 2.68. The number of nitrogens with one attached hydrogen (secondary N) is 2. The number of nitrogens with zero attached hydrogens (tertiary/aromatic N) is 3. The molecule has 2 amide bonds. The summed E-state index contributed by atoms with van der Waals surface area (Å²) in [5.74, 6) is -0.524. The molecule has 1 aromatic carbocycles. The minimum absolute atomic E-state index is 0.162. The lowest BCUT2D eigenvalue weighted by Crippen LogP contribution is -2.30. The Hall–Kier alpha value is -2.90. The number of amides is 2. The van der Waals surface area contributed by atoms with Crippen molar-refractivity contribution >= 4 is 35.0 Å². The molecule has 144 valence electrons. The van der Waals surface area contributed by atoms with Crippen LogP contribution in [0.4, 0.5) is 0 Å². The first-order valence-corrected chi connectivity index (χ1v) is 9.23. The highest BCUT2D eigenvalue weighted by atomic mass is 35.5. The monoisotopic (exact) mass is 417 g/mol. The smallest absolute Gasteiger partial charge is 0.271 e. The fourth-order valence-electron chi connectivity index (χ4n) is 2.39. The Bertz CT molecular complexity index is 975. The quantitative estimate of drug-likeness (QED) is 0.618. The molecule has 0 fully saturated rings. The third kappa shape index (κ3) is 5.31. The Morgan fingerprint density at radius 3 is 2.68 bits per heavy atom. The molecule has 9 heteroatoms. The number of pyridine rings is 1. The lowest BCUT2D eigenvalue weighted by Gasteiger charge is -2.06. The molecule has 2 N–H and O–H groups in total. The number of halogens is 2. The SMILES string of the molecule is O=C(CCNC(=O)c1ccn(-c2ccc(Cl)c(Cl)c2)n1)NCc1cccnc1. The molecular weight excluding hydrogens is 401 g/mol. The lowest BCUT2D eigenvalue weighted by atomic mass is 10.3. The first-order chi connectivity index (χ1) is 13.5. The maximum Gasteiger partial charge on any atom is 0.271 e. The Morgan fingerprint density at radius 2 is 1.93 bits per heavy atom. The van der Waals surface area contributed by atoms with Crippen LogP contribution in [0.15, 0.2) is 55.0 Å². The second kappa shape index (κ2) is 9.34. The van der Waals surface area contributed by atoms with Gasteiger partial charge in [-0.15, -0.1) is 0 Å². The highest BCUT2D eigenvalue weighted by Crippen LogP contribution is 2.24. The van der Waals surface area contributed by atoms with Gasteiger partial charge in [0.25, 0.3) is 5.91 Å². The summed E-state index contributed by atoms with van der Waals surface area (Å²) < 4.78 is 1.53. The molecule has 0 saturated carbocycles. The van der Waals surface area contributed by atoms with Crippen LogP contribution in [-0.4, -0.2) is 33.1 Å². The number of rotatable bonds is 7. The van der Waals surface area contributed by atoms with E-state index in [0.29, 0.717) is 22.3 Å². The van der Waals surface area contributed by atoms with E-state index in [0.717, 1.165) is 5.56 Å². The van der Waals surface area contributed by atoms with Crippen molar-refractivity contribution in [2.45, 2.75) is 13.0 Å². The number of aromatic nitrogens is 3. The van der Waals surface area contributed by atoms with E-state index in [9.17, 15) is 9.59 Å². The third-order valence-electron chi connectivity index (χ3n) is 3.84. The Morgan fingerprint density at radius 1 is 1.07 bits per heavy atom. The number of hydrogen-bond donors (Lipinski definition) is 2. The second-order valence-electron chi connectivity index (χ2n) is 5.89. The van der Waals surface area contributed by atoms with Crippen molar-refractivity contribution in [3.8, 4) is 5.69 Å².